The van der Waals surface area contributed by atoms with Gasteiger partial charge in [-0.1, -0.05) is 25.0 Å². The number of aliphatic hydroxyl groups excluding tert-OH is 1. The van der Waals surface area contributed by atoms with Crippen molar-refractivity contribution in [2.45, 2.75) is 58.6 Å². The summed E-state index contributed by atoms with van der Waals surface area (Å²) in [6, 6.07) is 12.1. The van der Waals surface area contributed by atoms with E-state index < -0.39 is 6.10 Å². The molecule has 6 rings (SSSR count). The van der Waals surface area contributed by atoms with Crippen LogP contribution in [-0.2, 0) is 0 Å². The van der Waals surface area contributed by atoms with Gasteiger partial charge in [-0.3, -0.25) is 14.2 Å². The SMILES string of the molecule is CC(=O)c1c(C)c2cnc(Nc3ccc(N4CCN(c5ccc([C@@H](C)O)cc5)CC4)cn3)nc2n(C2CCCC2)c1=O. The van der Waals surface area contributed by atoms with E-state index in [4.69, 9.17) is 4.98 Å². The molecule has 1 saturated carbocycles. The molecule has 0 amide bonds. The fourth-order valence-corrected chi connectivity index (χ4v) is 6.26. The third-order valence-electron chi connectivity index (χ3n) is 8.62. The zero-order chi connectivity index (χ0) is 29.4. The molecule has 1 aromatic carbocycles. The Morgan fingerprint density at radius 1 is 0.952 bits per heavy atom. The summed E-state index contributed by atoms with van der Waals surface area (Å²) in [5.74, 6) is 0.742. The summed E-state index contributed by atoms with van der Waals surface area (Å²) in [4.78, 5) is 44.4. The van der Waals surface area contributed by atoms with Crippen molar-refractivity contribution < 1.29 is 9.90 Å². The van der Waals surface area contributed by atoms with Crippen LogP contribution < -0.4 is 20.7 Å². The quantitative estimate of drug-likeness (QED) is 0.300. The number of pyridine rings is 2. The predicted octanol–water partition coefficient (Wildman–Crippen LogP) is 4.94. The number of Topliss-reactive ketones (excluding diaryl/α,β-unsaturated/α-hetero) is 1. The first-order valence-corrected chi connectivity index (χ1v) is 14.7. The molecular formula is C32H37N7O3. The molecular weight excluding hydrogens is 530 g/mol. The minimum atomic E-state index is -0.460. The molecule has 1 atom stereocenters. The van der Waals surface area contributed by atoms with Gasteiger partial charge in [0.25, 0.3) is 5.56 Å². The first-order chi connectivity index (χ1) is 20.3. The maximum absolute atomic E-state index is 13.5. The molecule has 218 valence electrons. The minimum absolute atomic E-state index is 0.0305. The second-order valence-electron chi connectivity index (χ2n) is 11.4. The van der Waals surface area contributed by atoms with E-state index in [-0.39, 0.29) is 22.9 Å². The van der Waals surface area contributed by atoms with E-state index in [0.29, 0.717) is 23.0 Å². The number of rotatable bonds is 7. The molecule has 1 aliphatic heterocycles. The van der Waals surface area contributed by atoms with Crippen molar-refractivity contribution >= 4 is 40.0 Å². The molecule has 4 aromatic rings. The van der Waals surface area contributed by atoms with Crippen LogP contribution in [0.1, 0.15) is 73.2 Å². The van der Waals surface area contributed by atoms with Crippen LogP contribution >= 0.6 is 0 Å². The van der Waals surface area contributed by atoms with Crippen LogP contribution in [0, 0.1) is 6.92 Å². The Morgan fingerprint density at radius 3 is 2.19 bits per heavy atom. The predicted molar refractivity (Wildman–Crippen MR) is 165 cm³/mol. The Morgan fingerprint density at radius 2 is 1.60 bits per heavy atom. The molecule has 0 radical (unpaired) electrons. The number of carbonyl (C=O) groups excluding carboxylic acids is 1. The maximum atomic E-state index is 13.5. The average molecular weight is 568 g/mol. The number of benzene rings is 1. The lowest BCUT2D eigenvalue weighted by molar-refractivity contribution is 0.101. The number of aromatic nitrogens is 4. The van der Waals surface area contributed by atoms with Gasteiger partial charge in [0.05, 0.1) is 23.6 Å². The van der Waals surface area contributed by atoms with E-state index in [1.807, 2.05) is 30.5 Å². The van der Waals surface area contributed by atoms with Crippen molar-refractivity contribution in [1.82, 2.24) is 19.5 Å². The van der Waals surface area contributed by atoms with Crippen molar-refractivity contribution in [3.63, 3.8) is 0 Å². The Labute approximate surface area is 245 Å². The number of hydrogen-bond acceptors (Lipinski definition) is 9. The van der Waals surface area contributed by atoms with E-state index >= 15 is 0 Å². The number of ketones is 1. The van der Waals surface area contributed by atoms with Crippen molar-refractivity contribution in [3.8, 4) is 0 Å². The van der Waals surface area contributed by atoms with Gasteiger partial charge in [0.15, 0.2) is 5.78 Å². The molecule has 42 heavy (non-hydrogen) atoms. The third kappa shape index (κ3) is 5.34. The van der Waals surface area contributed by atoms with Gasteiger partial charge in [0, 0.05) is 49.5 Å². The Bertz CT molecular complexity index is 1650. The van der Waals surface area contributed by atoms with Gasteiger partial charge >= 0.3 is 0 Å². The zero-order valence-corrected chi connectivity index (χ0v) is 24.4. The van der Waals surface area contributed by atoms with Crippen LogP contribution in [0.15, 0.2) is 53.6 Å². The van der Waals surface area contributed by atoms with E-state index in [1.54, 1.807) is 24.6 Å². The van der Waals surface area contributed by atoms with E-state index in [2.05, 4.69) is 37.2 Å². The van der Waals surface area contributed by atoms with Crippen LogP contribution in [0.2, 0.25) is 0 Å². The van der Waals surface area contributed by atoms with Crippen molar-refractivity contribution in [2.24, 2.45) is 0 Å². The lowest BCUT2D eigenvalue weighted by atomic mass is 10.0. The molecule has 0 unspecified atom stereocenters. The largest absolute Gasteiger partial charge is 0.389 e. The standard InChI is InChI=1S/C32H37N7O3/c1-20-27-19-34-32(36-30(27)39(25-6-4-5-7-25)31(42)29(20)22(3)41)35-28-13-12-26(18-33-28)38-16-14-37(15-17-38)24-10-8-23(9-11-24)21(2)40/h8-13,18-19,21,25,40H,4-7,14-17H2,1-3H3,(H,33,34,35,36)/t21-/m1/s1. The molecule has 3 aromatic heterocycles. The summed E-state index contributed by atoms with van der Waals surface area (Å²) in [7, 11) is 0. The van der Waals surface area contributed by atoms with Crippen LogP contribution in [0.3, 0.4) is 0 Å². The normalized spacial score (nSPS) is 16.7. The van der Waals surface area contributed by atoms with Crippen molar-refractivity contribution in [1.29, 1.82) is 0 Å². The van der Waals surface area contributed by atoms with Gasteiger partial charge in [-0.15, -0.1) is 0 Å². The molecule has 10 nitrogen and oxygen atoms in total. The first kappa shape index (κ1) is 27.8. The second-order valence-corrected chi connectivity index (χ2v) is 11.4. The van der Waals surface area contributed by atoms with E-state index in [1.165, 1.54) is 6.92 Å². The van der Waals surface area contributed by atoms with Gasteiger partial charge in [-0.25, -0.2) is 9.97 Å². The number of piperazine rings is 1. The van der Waals surface area contributed by atoms with Crippen LogP contribution in [0.5, 0.6) is 0 Å². The van der Waals surface area contributed by atoms with Gasteiger partial charge in [0.2, 0.25) is 5.95 Å². The molecule has 1 saturated heterocycles. The van der Waals surface area contributed by atoms with E-state index in [9.17, 15) is 14.7 Å². The summed E-state index contributed by atoms with van der Waals surface area (Å²) < 4.78 is 1.72. The molecule has 1 aliphatic carbocycles. The molecule has 0 spiro atoms. The van der Waals surface area contributed by atoms with Crippen molar-refractivity contribution in [2.75, 3.05) is 41.3 Å². The Kier molecular flexibility index (Phi) is 7.64. The van der Waals surface area contributed by atoms with E-state index in [0.717, 1.165) is 74.2 Å². The van der Waals surface area contributed by atoms with Crippen LogP contribution in [0.25, 0.3) is 11.0 Å². The molecule has 10 heteroatoms. The zero-order valence-electron chi connectivity index (χ0n) is 24.4. The highest BCUT2D eigenvalue weighted by Crippen LogP contribution is 2.32. The molecule has 2 aliphatic rings. The number of fused-ring (bicyclic) bond motifs is 1. The highest BCUT2D eigenvalue weighted by atomic mass is 16.3. The van der Waals surface area contributed by atoms with Gasteiger partial charge in [-0.2, -0.15) is 4.98 Å². The molecule has 0 bridgehead atoms. The lowest BCUT2D eigenvalue weighted by Crippen LogP contribution is -2.46. The molecule has 2 fully saturated rings. The number of anilines is 4. The second kappa shape index (κ2) is 11.5. The highest BCUT2D eigenvalue weighted by Gasteiger charge is 2.26. The number of carbonyl (C=O) groups is 1. The average Bonchev–Trinajstić information content (AvgIpc) is 3.52. The number of nitrogens with zero attached hydrogens (tertiary/aromatic N) is 6. The number of aryl methyl sites for hydroxylation is 1. The summed E-state index contributed by atoms with van der Waals surface area (Å²) in [6.07, 6.45) is 7.00. The summed E-state index contributed by atoms with van der Waals surface area (Å²) >= 11 is 0. The first-order valence-electron chi connectivity index (χ1n) is 14.7. The van der Waals surface area contributed by atoms with Gasteiger partial charge < -0.3 is 20.2 Å². The fraction of sp³-hybridized carbons (Fsp3) is 0.406. The fourth-order valence-electron chi connectivity index (χ4n) is 6.26. The highest BCUT2D eigenvalue weighted by molar-refractivity contribution is 5.99. The Hall–Kier alpha value is -4.31. The third-order valence-corrected chi connectivity index (χ3v) is 8.62. The lowest BCUT2D eigenvalue weighted by Gasteiger charge is -2.37. The minimum Gasteiger partial charge on any atom is -0.389 e. The number of nitrogens with one attached hydrogen (secondary N) is 1. The van der Waals surface area contributed by atoms with Crippen LogP contribution in [-0.4, -0.2) is 56.6 Å². The number of hydrogen-bond donors (Lipinski definition) is 2. The monoisotopic (exact) mass is 567 g/mol. The maximum Gasteiger partial charge on any atom is 0.263 e. The molecule has 2 N–H and O–H groups in total. The summed E-state index contributed by atoms with van der Waals surface area (Å²) in [5.41, 5.74) is 4.29. The Balaban J connectivity index is 1.18. The van der Waals surface area contributed by atoms with Crippen molar-refractivity contribution in [3.05, 3.63) is 75.8 Å². The van der Waals surface area contributed by atoms with Gasteiger partial charge in [0.1, 0.15) is 11.5 Å². The molecule has 4 heterocycles. The topological polar surface area (TPSA) is 116 Å². The van der Waals surface area contributed by atoms with Crippen LogP contribution in [0.4, 0.5) is 23.1 Å². The summed E-state index contributed by atoms with van der Waals surface area (Å²) in [5, 5.41) is 13.7. The smallest absolute Gasteiger partial charge is 0.263 e. The van der Waals surface area contributed by atoms with Gasteiger partial charge in [-0.05, 0) is 69.0 Å². The number of aliphatic hydroxyl groups is 1. The summed E-state index contributed by atoms with van der Waals surface area (Å²) in [6.45, 7) is 8.56.